The number of carbonyl (C=O) groups excluding carboxylic acids is 2. The van der Waals surface area contributed by atoms with Crippen molar-refractivity contribution >= 4 is 17.6 Å². The number of primary amides is 1. The second kappa shape index (κ2) is 8.71. The number of benzene rings is 1. The van der Waals surface area contributed by atoms with Crippen LogP contribution in [0.25, 0.3) is 0 Å². The van der Waals surface area contributed by atoms with Gasteiger partial charge in [0.05, 0.1) is 0 Å². The van der Waals surface area contributed by atoms with Crippen molar-refractivity contribution in [3.05, 3.63) is 29.3 Å². The van der Waals surface area contributed by atoms with Crippen LogP contribution in [0.4, 0.5) is 10.5 Å². The summed E-state index contributed by atoms with van der Waals surface area (Å²) in [7, 11) is 0. The third kappa shape index (κ3) is 5.35. The Morgan fingerprint density at radius 2 is 1.88 bits per heavy atom. The highest BCUT2D eigenvalue weighted by molar-refractivity contribution is 5.86. The number of aryl methyl sites for hydroxylation is 1. The van der Waals surface area contributed by atoms with Gasteiger partial charge in [0.1, 0.15) is 6.04 Å². The Bertz CT molecular complexity index is 611. The van der Waals surface area contributed by atoms with Gasteiger partial charge in [0, 0.05) is 45.0 Å². The molecule has 4 N–H and O–H groups in total. The molecule has 1 atom stereocenters. The molecule has 1 aliphatic rings. The third-order valence-electron chi connectivity index (χ3n) is 4.77. The lowest BCUT2D eigenvalue weighted by molar-refractivity contribution is -0.122. The van der Waals surface area contributed by atoms with Gasteiger partial charge < -0.3 is 21.3 Å². The minimum Gasteiger partial charge on any atom is -0.369 e. The molecule has 1 heterocycles. The van der Waals surface area contributed by atoms with Crippen molar-refractivity contribution < 1.29 is 9.59 Å². The zero-order valence-corrected chi connectivity index (χ0v) is 15.3. The summed E-state index contributed by atoms with van der Waals surface area (Å²) >= 11 is 0. The van der Waals surface area contributed by atoms with Crippen molar-refractivity contribution in [1.29, 1.82) is 0 Å². The molecule has 7 heteroatoms. The van der Waals surface area contributed by atoms with Crippen LogP contribution in [0.5, 0.6) is 0 Å². The number of amides is 3. The number of nitrogens with zero attached hydrogens (tertiary/aromatic N) is 2. The minimum atomic E-state index is -0.690. The maximum Gasteiger partial charge on any atom is 0.312 e. The van der Waals surface area contributed by atoms with Gasteiger partial charge in [-0.3, -0.25) is 9.69 Å². The van der Waals surface area contributed by atoms with Gasteiger partial charge >= 0.3 is 6.03 Å². The van der Waals surface area contributed by atoms with E-state index < -0.39 is 12.1 Å². The monoisotopic (exact) mass is 347 g/mol. The van der Waals surface area contributed by atoms with Crippen LogP contribution in [0.15, 0.2) is 18.2 Å². The summed E-state index contributed by atoms with van der Waals surface area (Å²) in [5, 5.41) is 5.20. The predicted molar refractivity (Wildman–Crippen MR) is 99.8 cm³/mol. The Morgan fingerprint density at radius 1 is 1.20 bits per heavy atom. The number of urea groups is 1. The Labute approximate surface area is 149 Å². The highest BCUT2D eigenvalue weighted by Crippen LogP contribution is 2.23. The molecule has 1 aromatic carbocycles. The first kappa shape index (κ1) is 19.1. The number of nitrogens with two attached hydrogens (primary N) is 1. The summed E-state index contributed by atoms with van der Waals surface area (Å²) in [4.78, 5) is 27.3. The first-order valence-corrected chi connectivity index (χ1v) is 8.75. The van der Waals surface area contributed by atoms with Gasteiger partial charge in [-0.25, -0.2) is 4.79 Å². The zero-order chi connectivity index (χ0) is 18.4. The molecule has 0 aromatic heterocycles. The first-order valence-electron chi connectivity index (χ1n) is 8.75. The van der Waals surface area contributed by atoms with E-state index >= 15 is 0 Å². The average molecular weight is 347 g/mol. The fraction of sp³-hybridized carbons (Fsp3) is 0.556. The van der Waals surface area contributed by atoms with Crippen LogP contribution in [0.2, 0.25) is 0 Å². The summed E-state index contributed by atoms with van der Waals surface area (Å²) in [5.74, 6) is -0.215. The fourth-order valence-electron chi connectivity index (χ4n) is 3.06. The maximum absolute atomic E-state index is 11.8. The SMILES string of the molecule is Cc1cccc(N2CCN(CCNC(=O)[C@H](C)NC(N)=O)CC2)c1C. The lowest BCUT2D eigenvalue weighted by Crippen LogP contribution is -2.51. The summed E-state index contributed by atoms with van der Waals surface area (Å²) in [6.07, 6.45) is 0. The lowest BCUT2D eigenvalue weighted by Gasteiger charge is -2.37. The second-order valence-corrected chi connectivity index (χ2v) is 6.57. The largest absolute Gasteiger partial charge is 0.369 e. The number of piperazine rings is 1. The third-order valence-corrected chi connectivity index (χ3v) is 4.77. The summed E-state index contributed by atoms with van der Waals surface area (Å²) < 4.78 is 0. The molecule has 0 bridgehead atoms. The molecule has 1 aromatic rings. The number of nitrogens with one attached hydrogen (secondary N) is 2. The zero-order valence-electron chi connectivity index (χ0n) is 15.3. The van der Waals surface area contributed by atoms with E-state index in [1.54, 1.807) is 6.92 Å². The highest BCUT2D eigenvalue weighted by Gasteiger charge is 2.19. The molecule has 7 nitrogen and oxygen atoms in total. The molecule has 3 amide bonds. The van der Waals surface area contributed by atoms with Gasteiger partial charge in [-0.15, -0.1) is 0 Å². The smallest absolute Gasteiger partial charge is 0.312 e. The topological polar surface area (TPSA) is 90.7 Å². The molecule has 0 spiro atoms. The molecular formula is C18H29N5O2. The quantitative estimate of drug-likeness (QED) is 0.703. The van der Waals surface area contributed by atoms with Crippen molar-refractivity contribution in [3.63, 3.8) is 0 Å². The van der Waals surface area contributed by atoms with Gasteiger partial charge in [0.2, 0.25) is 5.91 Å². The van der Waals surface area contributed by atoms with E-state index in [1.807, 2.05) is 0 Å². The molecule has 1 fully saturated rings. The van der Waals surface area contributed by atoms with E-state index in [-0.39, 0.29) is 5.91 Å². The van der Waals surface area contributed by atoms with E-state index in [4.69, 9.17) is 5.73 Å². The van der Waals surface area contributed by atoms with Crippen molar-refractivity contribution in [2.45, 2.75) is 26.8 Å². The van der Waals surface area contributed by atoms with Crippen molar-refractivity contribution in [2.24, 2.45) is 5.73 Å². The van der Waals surface area contributed by atoms with Crippen LogP contribution >= 0.6 is 0 Å². The van der Waals surface area contributed by atoms with Gasteiger partial charge in [-0.05, 0) is 38.0 Å². The summed E-state index contributed by atoms with van der Waals surface area (Å²) in [6, 6.07) is 5.14. The van der Waals surface area contributed by atoms with Gasteiger partial charge in [-0.2, -0.15) is 0 Å². The minimum absolute atomic E-state index is 0.215. The van der Waals surface area contributed by atoms with Crippen LogP contribution < -0.4 is 21.3 Å². The number of carbonyl (C=O) groups is 2. The Hall–Kier alpha value is -2.28. The van der Waals surface area contributed by atoms with Crippen molar-refractivity contribution in [3.8, 4) is 0 Å². The molecule has 0 saturated carbocycles. The van der Waals surface area contributed by atoms with E-state index in [2.05, 4.69) is 52.5 Å². The van der Waals surface area contributed by atoms with Crippen LogP contribution in [-0.2, 0) is 4.79 Å². The molecular weight excluding hydrogens is 318 g/mol. The van der Waals surface area contributed by atoms with Crippen LogP contribution in [0.1, 0.15) is 18.1 Å². The standard InChI is InChI=1S/C18H29N5O2/c1-13-5-4-6-16(14(13)2)23-11-9-22(10-12-23)8-7-20-17(24)15(3)21-18(19)25/h4-6,15H,7-12H2,1-3H3,(H,20,24)(H3,19,21,25)/t15-/m0/s1. The van der Waals surface area contributed by atoms with Crippen LogP contribution in [0.3, 0.4) is 0 Å². The number of hydrogen-bond acceptors (Lipinski definition) is 4. The highest BCUT2D eigenvalue weighted by atomic mass is 16.2. The molecule has 0 aliphatic carbocycles. The number of hydrogen-bond donors (Lipinski definition) is 3. The molecule has 1 aliphatic heterocycles. The molecule has 0 radical (unpaired) electrons. The molecule has 1 saturated heterocycles. The van der Waals surface area contributed by atoms with E-state index in [1.165, 1.54) is 16.8 Å². The lowest BCUT2D eigenvalue weighted by atomic mass is 10.1. The Kier molecular flexibility index (Phi) is 6.64. The van der Waals surface area contributed by atoms with Gasteiger partial charge in [0.25, 0.3) is 0 Å². The molecule has 0 unspecified atom stereocenters. The van der Waals surface area contributed by atoms with Crippen molar-refractivity contribution in [1.82, 2.24) is 15.5 Å². The van der Waals surface area contributed by atoms with Gasteiger partial charge in [-0.1, -0.05) is 12.1 Å². The normalized spacial score (nSPS) is 16.4. The maximum atomic E-state index is 11.8. The van der Waals surface area contributed by atoms with E-state index in [0.29, 0.717) is 6.54 Å². The Balaban J connectivity index is 1.73. The second-order valence-electron chi connectivity index (χ2n) is 6.57. The van der Waals surface area contributed by atoms with Crippen LogP contribution in [0, 0.1) is 13.8 Å². The van der Waals surface area contributed by atoms with E-state index in [9.17, 15) is 9.59 Å². The number of anilines is 1. The average Bonchev–Trinajstić information content (AvgIpc) is 2.57. The molecule has 138 valence electrons. The first-order chi connectivity index (χ1) is 11.9. The number of rotatable bonds is 6. The van der Waals surface area contributed by atoms with Gasteiger partial charge in [0.15, 0.2) is 0 Å². The molecule has 25 heavy (non-hydrogen) atoms. The fourth-order valence-corrected chi connectivity index (χ4v) is 3.06. The summed E-state index contributed by atoms with van der Waals surface area (Å²) in [5.41, 5.74) is 9.00. The molecule has 2 rings (SSSR count). The van der Waals surface area contributed by atoms with Crippen molar-refractivity contribution in [2.75, 3.05) is 44.2 Å². The summed E-state index contributed by atoms with van der Waals surface area (Å²) in [6.45, 7) is 11.2. The van der Waals surface area contributed by atoms with Crippen LogP contribution in [-0.4, -0.2) is 62.1 Å². The van der Waals surface area contributed by atoms with E-state index in [0.717, 1.165) is 32.7 Å². The predicted octanol–water partition coefficient (Wildman–Crippen LogP) is 0.598. The Morgan fingerprint density at radius 3 is 2.52 bits per heavy atom.